The summed E-state index contributed by atoms with van der Waals surface area (Å²) in [4.78, 5) is 25.5. The number of nitrogens with zero attached hydrogens (tertiary/aromatic N) is 2. The SMILES string of the molecule is CCCCc1cc(C(=O)O)nc(-c2ccc([N+](=O)[O-])cc2)c1. The number of carboxylic acid groups (broad SMARTS) is 1. The summed E-state index contributed by atoms with van der Waals surface area (Å²) in [5.41, 5.74) is 2.06. The highest BCUT2D eigenvalue weighted by atomic mass is 16.6. The van der Waals surface area contributed by atoms with Crippen LogP contribution in [0.1, 0.15) is 35.8 Å². The van der Waals surface area contributed by atoms with Gasteiger partial charge in [-0.2, -0.15) is 0 Å². The van der Waals surface area contributed by atoms with Gasteiger partial charge in [0.15, 0.2) is 0 Å². The molecule has 2 rings (SSSR count). The van der Waals surface area contributed by atoms with Crippen molar-refractivity contribution in [2.24, 2.45) is 0 Å². The summed E-state index contributed by atoms with van der Waals surface area (Å²) in [7, 11) is 0. The third-order valence-corrected chi connectivity index (χ3v) is 3.30. The Bertz CT molecular complexity index is 696. The van der Waals surface area contributed by atoms with Crippen LogP contribution in [-0.2, 0) is 6.42 Å². The van der Waals surface area contributed by atoms with E-state index in [1.807, 2.05) is 6.07 Å². The molecule has 1 aromatic carbocycles. The molecule has 0 atom stereocenters. The fourth-order valence-corrected chi connectivity index (χ4v) is 2.12. The molecular weight excluding hydrogens is 284 g/mol. The molecule has 0 aliphatic heterocycles. The first-order valence-electron chi connectivity index (χ1n) is 7.00. The Morgan fingerprint density at radius 1 is 1.27 bits per heavy atom. The molecule has 22 heavy (non-hydrogen) atoms. The molecule has 0 aliphatic carbocycles. The number of non-ortho nitro benzene ring substituents is 1. The van der Waals surface area contributed by atoms with E-state index >= 15 is 0 Å². The summed E-state index contributed by atoms with van der Waals surface area (Å²) in [6.45, 7) is 2.07. The van der Waals surface area contributed by atoms with Gasteiger partial charge in [-0.3, -0.25) is 10.1 Å². The molecule has 0 amide bonds. The normalized spacial score (nSPS) is 10.4. The Morgan fingerprint density at radius 3 is 2.50 bits per heavy atom. The summed E-state index contributed by atoms with van der Waals surface area (Å²) in [5, 5.41) is 19.8. The zero-order chi connectivity index (χ0) is 16.1. The molecule has 1 aromatic heterocycles. The fourth-order valence-electron chi connectivity index (χ4n) is 2.12. The number of benzene rings is 1. The molecule has 2 aromatic rings. The van der Waals surface area contributed by atoms with Gasteiger partial charge in [0, 0.05) is 17.7 Å². The summed E-state index contributed by atoms with van der Waals surface area (Å²) < 4.78 is 0. The van der Waals surface area contributed by atoms with Crippen molar-refractivity contribution in [3.8, 4) is 11.3 Å². The lowest BCUT2D eigenvalue weighted by Gasteiger charge is -2.07. The zero-order valence-corrected chi connectivity index (χ0v) is 12.2. The highest BCUT2D eigenvalue weighted by molar-refractivity contribution is 5.86. The fraction of sp³-hybridized carbons (Fsp3) is 0.250. The van der Waals surface area contributed by atoms with E-state index in [9.17, 15) is 20.0 Å². The molecule has 0 unspecified atom stereocenters. The summed E-state index contributed by atoms with van der Waals surface area (Å²) in [6, 6.07) is 9.34. The number of aromatic carboxylic acids is 1. The largest absolute Gasteiger partial charge is 0.477 e. The van der Waals surface area contributed by atoms with Crippen LogP contribution in [0.15, 0.2) is 36.4 Å². The first kappa shape index (κ1) is 15.6. The molecule has 6 nitrogen and oxygen atoms in total. The number of hydrogen-bond donors (Lipinski definition) is 1. The molecule has 1 heterocycles. The van der Waals surface area contributed by atoms with Gasteiger partial charge in [0.1, 0.15) is 5.69 Å². The predicted octanol–water partition coefficient (Wildman–Crippen LogP) is 3.70. The van der Waals surface area contributed by atoms with Crippen molar-refractivity contribution in [3.63, 3.8) is 0 Å². The van der Waals surface area contributed by atoms with Crippen molar-refractivity contribution in [2.75, 3.05) is 0 Å². The van der Waals surface area contributed by atoms with E-state index in [1.165, 1.54) is 12.1 Å². The molecule has 114 valence electrons. The number of carboxylic acids is 1. The van der Waals surface area contributed by atoms with Gasteiger partial charge in [-0.25, -0.2) is 9.78 Å². The van der Waals surface area contributed by atoms with E-state index in [0.29, 0.717) is 11.3 Å². The van der Waals surface area contributed by atoms with E-state index in [4.69, 9.17) is 0 Å². The van der Waals surface area contributed by atoms with E-state index in [1.54, 1.807) is 18.2 Å². The van der Waals surface area contributed by atoms with E-state index < -0.39 is 10.9 Å². The summed E-state index contributed by atoms with van der Waals surface area (Å²) >= 11 is 0. The van der Waals surface area contributed by atoms with Gasteiger partial charge < -0.3 is 5.11 Å². The molecule has 0 saturated carbocycles. The van der Waals surface area contributed by atoms with E-state index in [0.717, 1.165) is 24.8 Å². The Hall–Kier alpha value is -2.76. The van der Waals surface area contributed by atoms with Crippen LogP contribution >= 0.6 is 0 Å². The van der Waals surface area contributed by atoms with Crippen LogP contribution in [0.2, 0.25) is 0 Å². The Kier molecular flexibility index (Phi) is 4.83. The molecule has 0 radical (unpaired) electrons. The van der Waals surface area contributed by atoms with Gasteiger partial charge >= 0.3 is 5.97 Å². The zero-order valence-electron chi connectivity index (χ0n) is 12.2. The average molecular weight is 300 g/mol. The minimum atomic E-state index is -1.08. The molecule has 6 heteroatoms. The maximum Gasteiger partial charge on any atom is 0.354 e. The van der Waals surface area contributed by atoms with E-state index in [-0.39, 0.29) is 11.4 Å². The van der Waals surface area contributed by atoms with Crippen molar-refractivity contribution in [3.05, 3.63) is 57.8 Å². The lowest BCUT2D eigenvalue weighted by Crippen LogP contribution is -2.03. The standard InChI is InChI=1S/C16H16N2O4/c1-2-3-4-11-9-14(17-15(10-11)16(19)20)12-5-7-13(8-6-12)18(21)22/h5-10H,2-4H2,1H3,(H,19,20). The third kappa shape index (κ3) is 3.66. The first-order chi connectivity index (χ1) is 10.5. The van der Waals surface area contributed by atoms with Gasteiger partial charge in [-0.15, -0.1) is 0 Å². The first-order valence-corrected chi connectivity index (χ1v) is 7.00. The van der Waals surface area contributed by atoms with Crippen molar-refractivity contribution in [1.82, 2.24) is 4.98 Å². The quantitative estimate of drug-likeness (QED) is 0.648. The Labute approximate surface area is 127 Å². The second kappa shape index (κ2) is 6.80. The van der Waals surface area contributed by atoms with Crippen LogP contribution in [0.25, 0.3) is 11.3 Å². The third-order valence-electron chi connectivity index (χ3n) is 3.30. The number of aryl methyl sites for hydroxylation is 1. The number of nitro benzene ring substituents is 1. The number of unbranched alkanes of at least 4 members (excludes halogenated alkanes) is 1. The van der Waals surface area contributed by atoms with Crippen molar-refractivity contribution < 1.29 is 14.8 Å². The molecule has 0 spiro atoms. The number of aromatic nitrogens is 1. The Morgan fingerprint density at radius 2 is 1.95 bits per heavy atom. The highest BCUT2D eigenvalue weighted by Gasteiger charge is 2.11. The van der Waals surface area contributed by atoms with E-state index in [2.05, 4.69) is 11.9 Å². The second-order valence-electron chi connectivity index (χ2n) is 4.96. The molecule has 0 bridgehead atoms. The monoisotopic (exact) mass is 300 g/mol. The van der Waals surface area contributed by atoms with Crippen molar-refractivity contribution in [2.45, 2.75) is 26.2 Å². The number of rotatable bonds is 6. The van der Waals surface area contributed by atoms with Gasteiger partial charge in [0.2, 0.25) is 0 Å². The van der Waals surface area contributed by atoms with Crippen molar-refractivity contribution in [1.29, 1.82) is 0 Å². The number of hydrogen-bond acceptors (Lipinski definition) is 4. The smallest absolute Gasteiger partial charge is 0.354 e. The summed E-state index contributed by atoms with van der Waals surface area (Å²) in [6.07, 6.45) is 2.75. The van der Waals surface area contributed by atoms with Gasteiger partial charge in [-0.1, -0.05) is 13.3 Å². The number of carbonyl (C=O) groups is 1. The van der Waals surface area contributed by atoms with Gasteiger partial charge in [0.25, 0.3) is 5.69 Å². The molecule has 1 N–H and O–H groups in total. The van der Waals surface area contributed by atoms with Crippen LogP contribution in [0.3, 0.4) is 0 Å². The second-order valence-corrected chi connectivity index (χ2v) is 4.96. The Balaban J connectivity index is 2.41. The number of pyridine rings is 1. The van der Waals surface area contributed by atoms with Gasteiger partial charge in [0.05, 0.1) is 10.6 Å². The molecule has 0 aliphatic rings. The maximum atomic E-state index is 11.2. The van der Waals surface area contributed by atoms with Crippen LogP contribution in [-0.4, -0.2) is 21.0 Å². The predicted molar refractivity (Wildman–Crippen MR) is 81.9 cm³/mol. The van der Waals surface area contributed by atoms with Crippen LogP contribution in [0.5, 0.6) is 0 Å². The lowest BCUT2D eigenvalue weighted by atomic mass is 10.0. The lowest BCUT2D eigenvalue weighted by molar-refractivity contribution is -0.384. The molecular formula is C16H16N2O4. The summed E-state index contributed by atoms with van der Waals surface area (Å²) in [5.74, 6) is -1.08. The van der Waals surface area contributed by atoms with Crippen LogP contribution in [0.4, 0.5) is 5.69 Å². The average Bonchev–Trinajstić information content (AvgIpc) is 2.52. The minimum Gasteiger partial charge on any atom is -0.477 e. The van der Waals surface area contributed by atoms with Crippen LogP contribution in [0, 0.1) is 10.1 Å². The maximum absolute atomic E-state index is 11.2. The highest BCUT2D eigenvalue weighted by Crippen LogP contribution is 2.23. The van der Waals surface area contributed by atoms with Crippen molar-refractivity contribution >= 4 is 11.7 Å². The topological polar surface area (TPSA) is 93.3 Å². The minimum absolute atomic E-state index is 0.00987. The number of nitro groups is 1. The molecule has 0 saturated heterocycles. The van der Waals surface area contributed by atoms with Gasteiger partial charge in [-0.05, 0) is 42.7 Å². The van der Waals surface area contributed by atoms with Crippen LogP contribution < -0.4 is 0 Å². The molecule has 0 fully saturated rings.